The minimum absolute atomic E-state index is 0.677. The molecule has 0 aromatic rings. The lowest BCUT2D eigenvalue weighted by atomic mass is 9.73. The number of hydrogen-bond donors (Lipinski definition) is 0. The summed E-state index contributed by atoms with van der Waals surface area (Å²) in [5.41, 5.74) is 0.677. The average Bonchev–Trinajstić information content (AvgIpc) is 2.45. The molecule has 110 valence electrons. The maximum absolute atomic E-state index is 2.85. The van der Waals surface area contributed by atoms with Crippen molar-refractivity contribution in [1.82, 2.24) is 14.7 Å². The molecule has 0 amide bonds. The summed E-state index contributed by atoms with van der Waals surface area (Å²) in [6, 6.07) is 0.885. The van der Waals surface area contributed by atoms with Gasteiger partial charge in [0, 0.05) is 31.1 Å². The molecule has 0 unspecified atom stereocenters. The van der Waals surface area contributed by atoms with Gasteiger partial charge in [-0.15, -0.1) is 0 Å². The highest BCUT2D eigenvalue weighted by Gasteiger charge is 2.45. The van der Waals surface area contributed by atoms with Crippen molar-refractivity contribution < 1.29 is 0 Å². The Morgan fingerprint density at radius 3 is 2.21 bits per heavy atom. The van der Waals surface area contributed by atoms with Crippen LogP contribution in [0.5, 0.6) is 0 Å². The van der Waals surface area contributed by atoms with Crippen molar-refractivity contribution >= 4 is 0 Å². The van der Waals surface area contributed by atoms with E-state index in [0.717, 1.165) is 6.04 Å². The van der Waals surface area contributed by atoms with Gasteiger partial charge in [-0.05, 0) is 58.4 Å². The second kappa shape index (κ2) is 5.71. The molecule has 0 atom stereocenters. The lowest BCUT2D eigenvalue weighted by Gasteiger charge is -2.56. The standard InChI is InChI=1S/C16H31N3/c1-3-17-10-6-15(7-11-17)19-9-5-8-16(14-19)12-18(4-2)13-16/h15H,3-14H2,1-2H3. The van der Waals surface area contributed by atoms with Crippen LogP contribution in [-0.4, -0.2) is 73.1 Å². The van der Waals surface area contributed by atoms with Crippen LogP contribution in [0.1, 0.15) is 39.5 Å². The summed E-state index contributed by atoms with van der Waals surface area (Å²) in [5.74, 6) is 0. The second-order valence-corrected chi connectivity index (χ2v) is 7.04. The van der Waals surface area contributed by atoms with Crippen LogP contribution in [0.3, 0.4) is 0 Å². The van der Waals surface area contributed by atoms with E-state index >= 15 is 0 Å². The third-order valence-electron chi connectivity index (χ3n) is 5.78. The van der Waals surface area contributed by atoms with Gasteiger partial charge in [0.25, 0.3) is 0 Å². The Kier molecular flexibility index (Phi) is 4.16. The van der Waals surface area contributed by atoms with Crippen LogP contribution in [-0.2, 0) is 0 Å². The van der Waals surface area contributed by atoms with Gasteiger partial charge in [-0.25, -0.2) is 0 Å². The van der Waals surface area contributed by atoms with Crippen molar-refractivity contribution in [2.45, 2.75) is 45.6 Å². The Bertz CT molecular complexity index is 290. The second-order valence-electron chi connectivity index (χ2n) is 7.04. The molecule has 0 radical (unpaired) electrons. The third kappa shape index (κ3) is 2.84. The molecule has 0 N–H and O–H groups in total. The molecule has 0 bridgehead atoms. The number of rotatable bonds is 3. The third-order valence-corrected chi connectivity index (χ3v) is 5.78. The fraction of sp³-hybridized carbons (Fsp3) is 1.00. The predicted molar refractivity (Wildman–Crippen MR) is 80.5 cm³/mol. The summed E-state index contributed by atoms with van der Waals surface area (Å²) in [6.45, 7) is 15.2. The van der Waals surface area contributed by atoms with E-state index < -0.39 is 0 Å². The van der Waals surface area contributed by atoms with Crippen molar-refractivity contribution in [3.63, 3.8) is 0 Å². The smallest absolute Gasteiger partial charge is 0.0120 e. The highest BCUT2D eigenvalue weighted by Crippen LogP contribution is 2.40. The Balaban J connectivity index is 1.52. The fourth-order valence-electron chi connectivity index (χ4n) is 4.54. The zero-order valence-electron chi connectivity index (χ0n) is 12.9. The van der Waals surface area contributed by atoms with Crippen LogP contribution in [0.15, 0.2) is 0 Å². The summed E-state index contributed by atoms with van der Waals surface area (Å²) in [4.78, 5) is 8.07. The van der Waals surface area contributed by atoms with Gasteiger partial charge in [-0.3, -0.25) is 4.90 Å². The first-order valence-electron chi connectivity index (χ1n) is 8.43. The molecule has 0 saturated carbocycles. The number of likely N-dealkylation sites (tertiary alicyclic amines) is 3. The first-order chi connectivity index (χ1) is 9.24. The van der Waals surface area contributed by atoms with Gasteiger partial charge in [-0.1, -0.05) is 13.8 Å². The predicted octanol–water partition coefficient (Wildman–Crippen LogP) is 1.89. The summed E-state index contributed by atoms with van der Waals surface area (Å²) in [5, 5.41) is 0. The topological polar surface area (TPSA) is 9.72 Å². The van der Waals surface area contributed by atoms with Gasteiger partial charge in [0.05, 0.1) is 0 Å². The first-order valence-corrected chi connectivity index (χ1v) is 8.43. The Hall–Kier alpha value is -0.120. The van der Waals surface area contributed by atoms with Crippen LogP contribution in [0.2, 0.25) is 0 Å². The van der Waals surface area contributed by atoms with Crippen molar-refractivity contribution in [2.75, 3.05) is 52.4 Å². The van der Waals surface area contributed by atoms with Gasteiger partial charge in [0.2, 0.25) is 0 Å². The quantitative estimate of drug-likeness (QED) is 0.771. The molecule has 3 aliphatic heterocycles. The van der Waals surface area contributed by atoms with Crippen LogP contribution in [0.4, 0.5) is 0 Å². The molecule has 0 aromatic carbocycles. The van der Waals surface area contributed by atoms with Crippen LogP contribution in [0.25, 0.3) is 0 Å². The van der Waals surface area contributed by atoms with Crippen LogP contribution >= 0.6 is 0 Å². The largest absolute Gasteiger partial charge is 0.303 e. The minimum atomic E-state index is 0.677. The number of hydrogen-bond acceptors (Lipinski definition) is 3. The van der Waals surface area contributed by atoms with Gasteiger partial charge in [0.1, 0.15) is 0 Å². The maximum Gasteiger partial charge on any atom is 0.0120 e. The molecule has 3 heterocycles. The monoisotopic (exact) mass is 265 g/mol. The van der Waals surface area contributed by atoms with Crippen molar-refractivity contribution in [2.24, 2.45) is 5.41 Å². The van der Waals surface area contributed by atoms with E-state index in [-0.39, 0.29) is 0 Å². The molecule has 3 aliphatic rings. The van der Waals surface area contributed by atoms with Gasteiger partial charge < -0.3 is 9.80 Å². The fourth-order valence-corrected chi connectivity index (χ4v) is 4.54. The van der Waals surface area contributed by atoms with E-state index in [9.17, 15) is 0 Å². The van der Waals surface area contributed by atoms with Crippen molar-refractivity contribution in [3.05, 3.63) is 0 Å². The zero-order chi connectivity index (χ0) is 13.3. The highest BCUT2D eigenvalue weighted by atomic mass is 15.3. The molecule has 3 nitrogen and oxygen atoms in total. The molecule has 0 aromatic heterocycles. The van der Waals surface area contributed by atoms with E-state index in [1.807, 2.05) is 0 Å². The van der Waals surface area contributed by atoms with Crippen molar-refractivity contribution in [3.8, 4) is 0 Å². The minimum Gasteiger partial charge on any atom is -0.303 e. The summed E-state index contributed by atoms with van der Waals surface area (Å²) >= 11 is 0. The lowest BCUT2D eigenvalue weighted by molar-refractivity contribution is -0.0676. The van der Waals surface area contributed by atoms with Gasteiger partial charge in [-0.2, -0.15) is 0 Å². The molecule has 1 spiro atoms. The Morgan fingerprint density at radius 2 is 1.58 bits per heavy atom. The maximum atomic E-state index is 2.85. The molecule has 3 rings (SSSR count). The first kappa shape index (κ1) is 13.8. The van der Waals surface area contributed by atoms with E-state index in [1.165, 1.54) is 78.0 Å². The molecule has 19 heavy (non-hydrogen) atoms. The van der Waals surface area contributed by atoms with Crippen LogP contribution in [0, 0.1) is 5.41 Å². The van der Waals surface area contributed by atoms with Crippen LogP contribution < -0.4 is 0 Å². The summed E-state index contributed by atoms with van der Waals surface area (Å²) in [7, 11) is 0. The number of nitrogens with zero attached hydrogens (tertiary/aromatic N) is 3. The van der Waals surface area contributed by atoms with E-state index in [0.29, 0.717) is 5.41 Å². The SMILES string of the molecule is CCN1CCC(N2CCCC3(CN(CC)C3)C2)CC1. The molecule has 3 heteroatoms. The van der Waals surface area contributed by atoms with Gasteiger partial charge in [0.15, 0.2) is 0 Å². The molecule has 0 aliphatic carbocycles. The van der Waals surface area contributed by atoms with Gasteiger partial charge >= 0.3 is 0 Å². The van der Waals surface area contributed by atoms with E-state index in [2.05, 4.69) is 28.5 Å². The molecular weight excluding hydrogens is 234 g/mol. The molecule has 3 saturated heterocycles. The summed E-state index contributed by atoms with van der Waals surface area (Å²) < 4.78 is 0. The lowest BCUT2D eigenvalue weighted by Crippen LogP contribution is -2.64. The zero-order valence-corrected chi connectivity index (χ0v) is 12.9. The number of piperidine rings is 2. The average molecular weight is 265 g/mol. The van der Waals surface area contributed by atoms with Crippen molar-refractivity contribution in [1.29, 1.82) is 0 Å². The summed E-state index contributed by atoms with van der Waals surface area (Å²) in [6.07, 6.45) is 5.72. The molecule has 3 fully saturated rings. The van der Waals surface area contributed by atoms with E-state index in [4.69, 9.17) is 0 Å². The highest BCUT2D eigenvalue weighted by molar-refractivity contribution is 5.00. The molecular formula is C16H31N3. The van der Waals surface area contributed by atoms with E-state index in [1.54, 1.807) is 0 Å². The Morgan fingerprint density at radius 1 is 0.895 bits per heavy atom. The Labute approximate surface area is 118 Å². The normalized spacial score (nSPS) is 30.6.